The number of hydrogen-bond donors (Lipinski definition) is 0. The molecule has 0 fully saturated rings. The molecule has 18 rings (SSSR count). The summed E-state index contributed by atoms with van der Waals surface area (Å²) in [7, 11) is 0. The van der Waals surface area contributed by atoms with E-state index < -0.39 is 0 Å². The topological polar surface area (TPSA) is 50.6 Å². The summed E-state index contributed by atoms with van der Waals surface area (Å²) in [4.78, 5) is 5.05. The molecule has 6 aromatic heterocycles. The number of benzene rings is 12. The first kappa shape index (κ1) is 54.1. The third-order valence-electron chi connectivity index (χ3n) is 18.1. The van der Waals surface area contributed by atoms with Crippen LogP contribution in [0.1, 0.15) is 26.3 Å². The molecule has 0 unspecified atom stereocenters. The van der Waals surface area contributed by atoms with Crippen molar-refractivity contribution in [2.45, 2.75) is 26.2 Å². The van der Waals surface area contributed by atoms with Crippen molar-refractivity contribution < 1.29 is 30.4 Å². The van der Waals surface area contributed by atoms with Gasteiger partial charge in [0.05, 0.1) is 49.8 Å². The zero-order valence-corrected chi connectivity index (χ0v) is 52.2. The van der Waals surface area contributed by atoms with Gasteiger partial charge < -0.3 is 27.6 Å². The summed E-state index contributed by atoms with van der Waals surface area (Å²) >= 11 is 0. The van der Waals surface area contributed by atoms with Crippen LogP contribution in [0, 0.1) is 18.5 Å². The van der Waals surface area contributed by atoms with E-state index in [1.807, 2.05) is 24.4 Å². The maximum absolute atomic E-state index is 6.94. The number of aromatic nitrogens is 7. The van der Waals surface area contributed by atoms with Crippen LogP contribution in [-0.2, 0) is 26.5 Å². The molecule has 0 saturated carbocycles. The number of pyridine rings is 1. The molecule has 91 heavy (non-hydrogen) atoms. The maximum Gasteiger partial charge on any atom is 0.268 e. The fourth-order valence-electron chi connectivity index (χ4n) is 14.0. The predicted molar refractivity (Wildman–Crippen MR) is 367 cm³/mol. The first-order chi connectivity index (χ1) is 44.3. The van der Waals surface area contributed by atoms with Crippen molar-refractivity contribution in [2.24, 2.45) is 0 Å². The van der Waals surface area contributed by atoms with Gasteiger partial charge in [-0.25, -0.2) is 4.98 Å². The second kappa shape index (κ2) is 21.1. The van der Waals surface area contributed by atoms with E-state index in [1.165, 1.54) is 43.5 Å². The second-order valence-electron chi connectivity index (χ2n) is 24.4. The van der Waals surface area contributed by atoms with Crippen molar-refractivity contribution in [1.82, 2.24) is 27.8 Å². The Morgan fingerprint density at radius 2 is 0.912 bits per heavy atom. The maximum atomic E-state index is 6.94. The number of hydrogen-bond acceptors (Lipinski definition) is 2. The summed E-state index contributed by atoms with van der Waals surface area (Å²) in [5, 5.41) is 9.26. The number of para-hydroxylation sites is 8. The van der Waals surface area contributed by atoms with Gasteiger partial charge in [0.2, 0.25) is 0 Å². The van der Waals surface area contributed by atoms with Crippen molar-refractivity contribution in [3.05, 3.63) is 303 Å². The summed E-state index contributed by atoms with van der Waals surface area (Å²) in [6.07, 6.45) is 5.87. The largest absolute Gasteiger partial charge is 0.510 e. The van der Waals surface area contributed by atoms with Crippen molar-refractivity contribution in [3.63, 3.8) is 0 Å². The van der Waals surface area contributed by atoms with Gasteiger partial charge >= 0.3 is 0 Å². The number of rotatable bonds is 9. The van der Waals surface area contributed by atoms with E-state index in [0.717, 1.165) is 106 Å². The Bertz CT molecular complexity index is 5890. The predicted octanol–water partition coefficient (Wildman–Crippen LogP) is 19.8. The van der Waals surface area contributed by atoms with Gasteiger partial charge in [0.25, 0.3) is 6.33 Å². The van der Waals surface area contributed by atoms with Crippen LogP contribution in [0.15, 0.2) is 279 Å². The Balaban J connectivity index is 0.00000636. The van der Waals surface area contributed by atoms with Crippen LogP contribution >= 0.6 is 0 Å². The average molecular weight is 1350 g/mol. The minimum atomic E-state index is -0.101. The van der Waals surface area contributed by atoms with E-state index in [0.29, 0.717) is 11.5 Å². The molecule has 0 aliphatic carbocycles. The van der Waals surface area contributed by atoms with Gasteiger partial charge in [-0.2, -0.15) is 18.2 Å². The van der Waals surface area contributed by atoms with E-state index >= 15 is 0 Å². The second-order valence-corrected chi connectivity index (χ2v) is 24.4. The molecule has 9 heteroatoms. The standard InChI is InChI=1S/C82H55N7O.Pt/c1-82(2,3)55-45-46-83-79(49-55)89-74-43-38-54(53-37-42-73-67(47-53)64-30-13-14-31-69(64)86(73)56-21-6-4-7-22-56)48-68(74)65-40-39-60(51-78(65)89)90-59-26-20-25-58(50-59)84-52-85(76-36-19-18-35-75(76)84)81-77(88-71-33-16-10-27-61(71)62-28-11-17-34-72(62)88)44-41-66-63-29-12-15-32-70(63)87(80(66)81)57-23-8-5-9-24-57;/h4-49H,1-3H3;/q-2;. The average Bonchev–Trinajstić information content (AvgIpc) is 1.57. The fourth-order valence-corrected chi connectivity index (χ4v) is 14.0. The molecule has 0 bridgehead atoms. The Morgan fingerprint density at radius 3 is 1.57 bits per heavy atom. The van der Waals surface area contributed by atoms with Crippen LogP contribution in [0.3, 0.4) is 0 Å². The van der Waals surface area contributed by atoms with Crippen LogP contribution in [0.25, 0.3) is 144 Å². The van der Waals surface area contributed by atoms with Crippen LogP contribution in [0.5, 0.6) is 11.5 Å². The molecule has 0 radical (unpaired) electrons. The van der Waals surface area contributed by atoms with Crippen molar-refractivity contribution in [1.29, 1.82) is 0 Å². The Kier molecular flexibility index (Phi) is 12.5. The van der Waals surface area contributed by atoms with E-state index in [-0.39, 0.29) is 26.5 Å². The monoisotopic (exact) mass is 1350 g/mol. The molecule has 0 aliphatic rings. The van der Waals surface area contributed by atoms with Crippen LogP contribution in [0.2, 0.25) is 0 Å². The first-order valence-corrected chi connectivity index (χ1v) is 30.6. The summed E-state index contributed by atoms with van der Waals surface area (Å²) in [5.41, 5.74) is 19.0. The first-order valence-electron chi connectivity index (χ1n) is 30.6. The number of fused-ring (bicyclic) bond motifs is 13. The Hall–Kier alpha value is -11.1. The quantitative estimate of drug-likeness (QED) is 0.107. The molecule has 0 amide bonds. The minimum absolute atomic E-state index is 0. The SMILES string of the molecule is CC(C)(C)c1ccnc(-n2c3[c-]c(Oc4[c-]c(-n5[c-][n+](-c6c(-n7c8ccccc8c8ccccc87)ccc7c8ccccc8n(-c8ccccc8)c67)c6ccccc65)ccc4)ccc3c3cc(-c4ccc5c(c4)c4ccccc4n5-c4ccccc4)ccc32)c1.[Pt]. The zero-order chi connectivity index (χ0) is 59.8. The normalized spacial score (nSPS) is 12.0. The van der Waals surface area contributed by atoms with Crippen LogP contribution in [-0.4, -0.2) is 27.8 Å². The summed E-state index contributed by atoms with van der Waals surface area (Å²) in [6.45, 7) is 6.72. The number of imidazole rings is 1. The van der Waals surface area contributed by atoms with E-state index in [1.54, 1.807) is 0 Å². The summed E-state index contributed by atoms with van der Waals surface area (Å²) < 4.78 is 20.8. The summed E-state index contributed by atoms with van der Waals surface area (Å²) in [6, 6.07) is 105. The molecular weight excluding hydrogens is 1290 g/mol. The molecular formula is C82H55N7OPt-2. The molecule has 0 atom stereocenters. The van der Waals surface area contributed by atoms with E-state index in [2.05, 4.69) is 321 Å². The third kappa shape index (κ3) is 8.54. The van der Waals surface area contributed by atoms with Gasteiger partial charge in [0.1, 0.15) is 11.5 Å². The molecule has 0 N–H and O–H groups in total. The van der Waals surface area contributed by atoms with Crippen molar-refractivity contribution in [3.8, 4) is 56.9 Å². The minimum Gasteiger partial charge on any atom is -0.510 e. The Labute approximate surface area is 539 Å². The summed E-state index contributed by atoms with van der Waals surface area (Å²) in [5.74, 6) is 1.91. The molecule has 6 heterocycles. The van der Waals surface area contributed by atoms with Crippen LogP contribution in [0.4, 0.5) is 0 Å². The molecule has 18 aromatic rings. The zero-order valence-electron chi connectivity index (χ0n) is 49.9. The van der Waals surface area contributed by atoms with Crippen molar-refractivity contribution in [2.75, 3.05) is 0 Å². The molecule has 0 saturated heterocycles. The Morgan fingerprint density at radius 1 is 0.396 bits per heavy atom. The van der Waals surface area contributed by atoms with Gasteiger partial charge in [-0.3, -0.25) is 4.57 Å². The van der Waals surface area contributed by atoms with Crippen molar-refractivity contribution >= 4 is 98.3 Å². The van der Waals surface area contributed by atoms with E-state index in [4.69, 9.17) is 9.72 Å². The molecule has 12 aromatic carbocycles. The fraction of sp³-hybridized carbons (Fsp3) is 0.0488. The van der Waals surface area contributed by atoms with Gasteiger partial charge in [0, 0.05) is 88.0 Å². The molecule has 8 nitrogen and oxygen atoms in total. The number of nitrogens with zero attached hydrogens (tertiary/aromatic N) is 7. The van der Waals surface area contributed by atoms with Gasteiger partial charge in [-0.1, -0.05) is 184 Å². The molecule has 0 aliphatic heterocycles. The molecule has 0 spiro atoms. The molecule has 436 valence electrons. The van der Waals surface area contributed by atoms with Crippen LogP contribution < -0.4 is 9.30 Å². The van der Waals surface area contributed by atoms with Gasteiger partial charge in [-0.05, 0) is 118 Å². The number of ether oxygens (including phenoxy) is 1. The van der Waals surface area contributed by atoms with Gasteiger partial charge in [-0.15, -0.1) is 29.7 Å². The third-order valence-corrected chi connectivity index (χ3v) is 18.1. The van der Waals surface area contributed by atoms with Gasteiger partial charge in [0.15, 0.2) is 0 Å². The smallest absolute Gasteiger partial charge is 0.268 e. The van der Waals surface area contributed by atoms with E-state index in [9.17, 15) is 0 Å².